The highest BCUT2D eigenvalue weighted by molar-refractivity contribution is 7.11. The fourth-order valence-corrected chi connectivity index (χ4v) is 2.04. The van der Waals surface area contributed by atoms with Gasteiger partial charge in [0, 0.05) is 22.9 Å². The van der Waals surface area contributed by atoms with Crippen LogP contribution in [0.3, 0.4) is 0 Å². The fourth-order valence-electron chi connectivity index (χ4n) is 1.26. The predicted octanol–water partition coefficient (Wildman–Crippen LogP) is 3.01. The Bertz CT molecular complexity index is 489. The molecule has 0 aliphatic carbocycles. The minimum absolute atomic E-state index is 0.0811. The number of carbonyl (C=O) groups excluding carboxylic acids is 1. The molecule has 4 nitrogen and oxygen atoms in total. The molecule has 104 valence electrons. The molecule has 0 aliphatic rings. The van der Waals surface area contributed by atoms with E-state index in [2.05, 4.69) is 26.1 Å². The predicted molar refractivity (Wildman–Crippen MR) is 77.4 cm³/mol. The second kappa shape index (κ2) is 6.52. The van der Waals surface area contributed by atoms with Crippen molar-refractivity contribution >= 4 is 29.3 Å². The molecule has 2 N–H and O–H groups in total. The highest BCUT2D eigenvalue weighted by atomic mass is 32.1. The molecular weight excluding hydrogens is 262 g/mol. The molecule has 1 heterocycles. The van der Waals surface area contributed by atoms with Crippen molar-refractivity contribution < 1.29 is 14.7 Å². The van der Waals surface area contributed by atoms with Gasteiger partial charge in [0.1, 0.15) is 0 Å². The molecule has 1 amide bonds. The van der Waals surface area contributed by atoms with Crippen molar-refractivity contribution in [1.82, 2.24) is 5.32 Å². The standard InChI is InChI=1S/C14H19NO3S/c1-4-14(2,3)9-15-13(18)10-7-11(19-8-10)5-6-12(16)17/h5-8H,4,9H2,1-3H3,(H,15,18)(H,16,17)/b6-5+. The molecule has 1 rings (SSSR count). The van der Waals surface area contributed by atoms with Gasteiger partial charge < -0.3 is 10.4 Å². The van der Waals surface area contributed by atoms with Crippen molar-refractivity contribution in [3.05, 3.63) is 28.0 Å². The SMILES string of the molecule is CCC(C)(C)CNC(=O)c1csc(/C=C/C(=O)O)c1. The van der Waals surface area contributed by atoms with Gasteiger partial charge in [-0.1, -0.05) is 20.8 Å². The van der Waals surface area contributed by atoms with E-state index in [0.717, 1.165) is 17.4 Å². The van der Waals surface area contributed by atoms with Crippen LogP contribution in [0.1, 0.15) is 42.4 Å². The van der Waals surface area contributed by atoms with Crippen molar-refractivity contribution in [3.63, 3.8) is 0 Å². The third kappa shape index (κ3) is 5.26. The lowest BCUT2D eigenvalue weighted by Gasteiger charge is -2.22. The summed E-state index contributed by atoms with van der Waals surface area (Å²) in [6.07, 6.45) is 3.54. The molecule has 0 spiro atoms. The molecule has 0 saturated carbocycles. The quantitative estimate of drug-likeness (QED) is 0.788. The lowest BCUT2D eigenvalue weighted by Crippen LogP contribution is -2.33. The van der Waals surface area contributed by atoms with Crippen LogP contribution in [-0.4, -0.2) is 23.5 Å². The summed E-state index contributed by atoms with van der Waals surface area (Å²) in [5.74, 6) is -1.11. The Labute approximate surface area is 117 Å². The van der Waals surface area contributed by atoms with Crippen molar-refractivity contribution in [2.75, 3.05) is 6.54 Å². The zero-order valence-corrected chi connectivity index (χ0v) is 12.2. The van der Waals surface area contributed by atoms with E-state index in [9.17, 15) is 9.59 Å². The van der Waals surface area contributed by atoms with Gasteiger partial charge in [-0.3, -0.25) is 4.79 Å². The van der Waals surface area contributed by atoms with Crippen molar-refractivity contribution in [2.24, 2.45) is 5.41 Å². The van der Waals surface area contributed by atoms with Crippen LogP contribution in [0, 0.1) is 5.41 Å². The van der Waals surface area contributed by atoms with Crippen LogP contribution in [0.5, 0.6) is 0 Å². The molecule has 5 heteroatoms. The Kier molecular flexibility index (Phi) is 5.30. The Hall–Kier alpha value is -1.62. The fraction of sp³-hybridized carbons (Fsp3) is 0.429. The number of carbonyl (C=O) groups is 2. The molecule has 0 atom stereocenters. The number of nitrogens with one attached hydrogen (secondary N) is 1. The molecule has 1 aromatic rings. The van der Waals surface area contributed by atoms with Gasteiger partial charge in [-0.05, 0) is 24.0 Å². The van der Waals surface area contributed by atoms with E-state index < -0.39 is 5.97 Å². The van der Waals surface area contributed by atoms with Crippen molar-refractivity contribution in [2.45, 2.75) is 27.2 Å². The molecule has 19 heavy (non-hydrogen) atoms. The van der Waals surface area contributed by atoms with Crippen LogP contribution in [0.2, 0.25) is 0 Å². The average Bonchev–Trinajstić information content (AvgIpc) is 2.82. The smallest absolute Gasteiger partial charge is 0.328 e. The Morgan fingerprint density at radius 2 is 2.16 bits per heavy atom. The normalized spacial score (nSPS) is 11.7. The van der Waals surface area contributed by atoms with Gasteiger partial charge in [-0.25, -0.2) is 4.79 Å². The van der Waals surface area contributed by atoms with E-state index in [1.165, 1.54) is 17.4 Å². The highest BCUT2D eigenvalue weighted by Gasteiger charge is 2.17. The van der Waals surface area contributed by atoms with Gasteiger partial charge in [0.25, 0.3) is 5.91 Å². The number of thiophene rings is 1. The molecule has 0 aromatic carbocycles. The maximum atomic E-state index is 11.9. The molecule has 0 unspecified atom stereocenters. The molecule has 0 aliphatic heterocycles. The number of carboxylic acid groups (broad SMARTS) is 1. The minimum atomic E-state index is -0.996. The molecular formula is C14H19NO3S. The van der Waals surface area contributed by atoms with E-state index in [0.29, 0.717) is 12.1 Å². The van der Waals surface area contributed by atoms with E-state index >= 15 is 0 Å². The second-order valence-corrected chi connectivity index (χ2v) is 6.05. The third-order valence-electron chi connectivity index (χ3n) is 2.96. The molecule has 0 fully saturated rings. The first-order chi connectivity index (χ1) is 8.84. The van der Waals surface area contributed by atoms with E-state index in [-0.39, 0.29) is 11.3 Å². The van der Waals surface area contributed by atoms with E-state index in [4.69, 9.17) is 5.11 Å². The van der Waals surface area contributed by atoms with Gasteiger partial charge in [-0.2, -0.15) is 0 Å². The van der Waals surface area contributed by atoms with Crippen LogP contribution < -0.4 is 5.32 Å². The maximum Gasteiger partial charge on any atom is 0.328 e. The Morgan fingerprint density at radius 3 is 2.74 bits per heavy atom. The zero-order chi connectivity index (χ0) is 14.5. The second-order valence-electron chi connectivity index (χ2n) is 5.11. The maximum absolute atomic E-state index is 11.9. The monoisotopic (exact) mass is 281 g/mol. The zero-order valence-electron chi connectivity index (χ0n) is 11.4. The van der Waals surface area contributed by atoms with Gasteiger partial charge >= 0.3 is 5.97 Å². The summed E-state index contributed by atoms with van der Waals surface area (Å²) in [5.41, 5.74) is 0.652. The first-order valence-corrected chi connectivity index (χ1v) is 7.00. The minimum Gasteiger partial charge on any atom is -0.478 e. The number of hydrogen-bond donors (Lipinski definition) is 2. The van der Waals surface area contributed by atoms with Crippen LogP contribution in [0.4, 0.5) is 0 Å². The lowest BCUT2D eigenvalue weighted by atomic mass is 9.90. The number of aliphatic carboxylic acids is 1. The largest absolute Gasteiger partial charge is 0.478 e. The van der Waals surface area contributed by atoms with Crippen molar-refractivity contribution in [1.29, 1.82) is 0 Å². The van der Waals surface area contributed by atoms with Crippen LogP contribution in [0.25, 0.3) is 6.08 Å². The van der Waals surface area contributed by atoms with Crippen molar-refractivity contribution in [3.8, 4) is 0 Å². The number of hydrogen-bond acceptors (Lipinski definition) is 3. The van der Waals surface area contributed by atoms with E-state index in [1.807, 2.05) is 0 Å². The summed E-state index contributed by atoms with van der Waals surface area (Å²) in [7, 11) is 0. The number of carboxylic acids is 1. The third-order valence-corrected chi connectivity index (χ3v) is 3.85. The van der Waals surface area contributed by atoms with Crippen LogP contribution in [-0.2, 0) is 4.79 Å². The summed E-state index contributed by atoms with van der Waals surface area (Å²) in [4.78, 5) is 23.1. The topological polar surface area (TPSA) is 66.4 Å². The summed E-state index contributed by atoms with van der Waals surface area (Å²) >= 11 is 1.35. The van der Waals surface area contributed by atoms with Gasteiger partial charge in [-0.15, -0.1) is 11.3 Å². The summed E-state index contributed by atoms with van der Waals surface area (Å²) in [6.45, 7) is 6.91. The summed E-state index contributed by atoms with van der Waals surface area (Å²) < 4.78 is 0. The highest BCUT2D eigenvalue weighted by Crippen LogP contribution is 2.19. The van der Waals surface area contributed by atoms with Gasteiger partial charge in [0.2, 0.25) is 0 Å². The number of rotatable bonds is 6. The van der Waals surface area contributed by atoms with Gasteiger partial charge in [0.05, 0.1) is 5.56 Å². The first-order valence-electron chi connectivity index (χ1n) is 6.12. The molecule has 0 radical (unpaired) electrons. The first kappa shape index (κ1) is 15.4. The molecule has 1 aromatic heterocycles. The Balaban J connectivity index is 2.61. The lowest BCUT2D eigenvalue weighted by molar-refractivity contribution is -0.131. The van der Waals surface area contributed by atoms with Crippen LogP contribution >= 0.6 is 11.3 Å². The Morgan fingerprint density at radius 1 is 1.47 bits per heavy atom. The summed E-state index contributed by atoms with van der Waals surface area (Å²) in [5, 5.41) is 13.2. The number of amides is 1. The molecule has 0 saturated heterocycles. The molecule has 0 bridgehead atoms. The van der Waals surface area contributed by atoms with E-state index in [1.54, 1.807) is 11.4 Å². The average molecular weight is 281 g/mol. The summed E-state index contributed by atoms with van der Waals surface area (Å²) in [6, 6.07) is 1.69. The van der Waals surface area contributed by atoms with Gasteiger partial charge in [0.15, 0.2) is 0 Å². The van der Waals surface area contributed by atoms with Crippen LogP contribution in [0.15, 0.2) is 17.5 Å².